The van der Waals surface area contributed by atoms with Gasteiger partial charge in [0.2, 0.25) is 11.8 Å². The molecule has 2 atom stereocenters. The maximum absolute atomic E-state index is 13.0. The Bertz CT molecular complexity index is 943. The van der Waals surface area contributed by atoms with E-state index in [-0.39, 0.29) is 36.5 Å². The molecule has 0 unspecified atom stereocenters. The Morgan fingerprint density at radius 1 is 0.632 bits per heavy atom. The summed E-state index contributed by atoms with van der Waals surface area (Å²) in [5.74, 6) is -1.13. The third kappa shape index (κ3) is 6.11. The molecule has 0 spiro atoms. The van der Waals surface area contributed by atoms with Gasteiger partial charge in [-0.15, -0.1) is 0 Å². The van der Waals surface area contributed by atoms with Gasteiger partial charge in [0, 0.05) is 52.4 Å². The summed E-state index contributed by atoms with van der Waals surface area (Å²) in [6, 6.07) is 5.33. The second-order valence-electron chi connectivity index (χ2n) is 9.98. The van der Waals surface area contributed by atoms with Crippen LogP contribution in [0.1, 0.15) is 12.8 Å². The number of ether oxygens (including phenoxy) is 2. The Morgan fingerprint density at radius 2 is 1.00 bits per heavy atom. The van der Waals surface area contributed by atoms with E-state index in [0.717, 1.165) is 39.3 Å². The summed E-state index contributed by atoms with van der Waals surface area (Å²) < 4.78 is 10.7. The minimum atomic E-state index is -0.561. The number of nitrogens with one attached hydrogen (secondary N) is 2. The lowest BCUT2D eigenvalue weighted by Crippen LogP contribution is -2.44. The van der Waals surface area contributed by atoms with Crippen LogP contribution in [0.5, 0.6) is 0 Å². The average molecular weight is 529 g/mol. The molecule has 1 aromatic rings. The molecule has 0 aliphatic carbocycles. The van der Waals surface area contributed by atoms with Crippen molar-refractivity contribution in [3.63, 3.8) is 0 Å². The molecule has 5 rings (SSSR count). The van der Waals surface area contributed by atoms with Crippen molar-refractivity contribution >= 4 is 35.0 Å². The molecule has 0 saturated carbocycles. The maximum atomic E-state index is 13.0. The molecular weight excluding hydrogens is 492 g/mol. The van der Waals surface area contributed by atoms with Crippen LogP contribution in [-0.4, -0.2) is 124 Å². The summed E-state index contributed by atoms with van der Waals surface area (Å²) in [6.45, 7) is 9.11. The van der Waals surface area contributed by atoms with E-state index in [1.54, 1.807) is 24.3 Å². The highest BCUT2D eigenvalue weighted by Crippen LogP contribution is 2.28. The van der Waals surface area contributed by atoms with Gasteiger partial charge in [-0.3, -0.25) is 29.0 Å². The molecule has 38 heavy (non-hydrogen) atoms. The van der Waals surface area contributed by atoms with E-state index in [0.29, 0.717) is 50.9 Å². The Hall–Kier alpha value is -2.74. The molecule has 12 heteroatoms. The van der Waals surface area contributed by atoms with Crippen molar-refractivity contribution < 1.29 is 28.7 Å². The van der Waals surface area contributed by atoms with Crippen LogP contribution in [0, 0.1) is 0 Å². The summed E-state index contributed by atoms with van der Waals surface area (Å²) >= 11 is 0. The van der Waals surface area contributed by atoms with Crippen LogP contribution in [0.15, 0.2) is 24.3 Å². The minimum Gasteiger partial charge on any atom is -0.379 e. The van der Waals surface area contributed by atoms with Crippen LogP contribution in [0.4, 0.5) is 11.4 Å². The Morgan fingerprint density at radius 3 is 1.37 bits per heavy atom. The van der Waals surface area contributed by atoms with Gasteiger partial charge in [-0.2, -0.15) is 0 Å². The summed E-state index contributed by atoms with van der Waals surface area (Å²) in [7, 11) is 0. The monoisotopic (exact) mass is 528 g/mol. The molecule has 2 N–H and O–H groups in total. The van der Waals surface area contributed by atoms with Crippen LogP contribution >= 0.6 is 0 Å². The standard InChI is InChI=1S/C26H36N6O6/c33-23-17-21(27-5-7-29-9-13-37-14-10-29)25(35)31(23)19-1-2-20(4-3-19)32-24(34)18-22(26(32)36)28-6-8-30-11-15-38-16-12-30/h1-4,21-22,27-28H,5-18H2/t21-,22+. The molecule has 0 aromatic heterocycles. The van der Waals surface area contributed by atoms with Crippen molar-refractivity contribution in [1.29, 1.82) is 0 Å². The van der Waals surface area contributed by atoms with Crippen molar-refractivity contribution in [2.45, 2.75) is 24.9 Å². The van der Waals surface area contributed by atoms with Crippen LogP contribution in [0.25, 0.3) is 0 Å². The van der Waals surface area contributed by atoms with Gasteiger partial charge in [-0.1, -0.05) is 0 Å². The number of anilines is 2. The highest BCUT2D eigenvalue weighted by Gasteiger charge is 2.41. The molecule has 4 aliphatic rings. The molecule has 4 aliphatic heterocycles. The predicted octanol–water partition coefficient (Wildman–Crippen LogP) is -1.21. The fraction of sp³-hybridized carbons (Fsp3) is 0.615. The van der Waals surface area contributed by atoms with Crippen LogP contribution < -0.4 is 20.4 Å². The van der Waals surface area contributed by atoms with Crippen molar-refractivity contribution in [2.75, 3.05) is 88.6 Å². The summed E-state index contributed by atoms with van der Waals surface area (Å²) in [5, 5.41) is 6.42. The van der Waals surface area contributed by atoms with Crippen LogP contribution in [-0.2, 0) is 28.7 Å². The maximum Gasteiger partial charge on any atom is 0.251 e. The molecule has 4 saturated heterocycles. The minimum absolute atomic E-state index is 0.102. The van der Waals surface area contributed by atoms with Crippen molar-refractivity contribution in [3.05, 3.63) is 24.3 Å². The number of benzene rings is 1. The molecule has 1 aromatic carbocycles. The molecule has 4 heterocycles. The molecular formula is C26H36N6O6. The first-order chi connectivity index (χ1) is 18.5. The smallest absolute Gasteiger partial charge is 0.251 e. The first-order valence-corrected chi connectivity index (χ1v) is 13.4. The molecule has 0 radical (unpaired) electrons. The van der Waals surface area contributed by atoms with E-state index < -0.39 is 12.1 Å². The van der Waals surface area contributed by atoms with Gasteiger partial charge in [0.1, 0.15) is 0 Å². The lowest BCUT2D eigenvalue weighted by Gasteiger charge is -2.27. The number of hydrogen-bond donors (Lipinski definition) is 2. The van der Waals surface area contributed by atoms with E-state index >= 15 is 0 Å². The zero-order chi connectivity index (χ0) is 26.5. The molecule has 4 fully saturated rings. The fourth-order valence-corrected chi connectivity index (χ4v) is 5.32. The van der Waals surface area contributed by atoms with Crippen molar-refractivity contribution in [1.82, 2.24) is 20.4 Å². The average Bonchev–Trinajstić information content (AvgIpc) is 3.38. The first kappa shape index (κ1) is 26.9. The third-order valence-corrected chi connectivity index (χ3v) is 7.50. The second-order valence-corrected chi connectivity index (χ2v) is 9.98. The Kier molecular flexibility index (Phi) is 8.77. The number of nitrogens with zero attached hydrogens (tertiary/aromatic N) is 4. The number of rotatable bonds is 10. The Labute approximate surface area is 222 Å². The number of imide groups is 2. The van der Waals surface area contributed by atoms with Gasteiger partial charge in [0.25, 0.3) is 11.8 Å². The summed E-state index contributed by atoms with van der Waals surface area (Å²) in [5.41, 5.74) is 0.862. The quantitative estimate of drug-likeness (QED) is 0.358. The van der Waals surface area contributed by atoms with Gasteiger partial charge in [0.05, 0.1) is 62.7 Å². The number of carbonyl (C=O) groups excluding carboxylic acids is 4. The normalized spacial score (nSPS) is 25.7. The first-order valence-electron chi connectivity index (χ1n) is 13.4. The topological polar surface area (TPSA) is 124 Å². The number of amides is 4. The zero-order valence-electron chi connectivity index (χ0n) is 21.6. The van der Waals surface area contributed by atoms with Gasteiger partial charge in [-0.05, 0) is 24.3 Å². The van der Waals surface area contributed by atoms with E-state index in [4.69, 9.17) is 9.47 Å². The van der Waals surface area contributed by atoms with E-state index in [1.807, 2.05) is 0 Å². The largest absolute Gasteiger partial charge is 0.379 e. The lowest BCUT2D eigenvalue weighted by atomic mass is 10.2. The molecule has 4 amide bonds. The van der Waals surface area contributed by atoms with Crippen molar-refractivity contribution in [2.24, 2.45) is 0 Å². The van der Waals surface area contributed by atoms with Gasteiger partial charge >= 0.3 is 0 Å². The second kappa shape index (κ2) is 12.4. The van der Waals surface area contributed by atoms with Gasteiger partial charge in [0.15, 0.2) is 0 Å². The van der Waals surface area contributed by atoms with Gasteiger partial charge < -0.3 is 20.1 Å². The van der Waals surface area contributed by atoms with Crippen molar-refractivity contribution in [3.8, 4) is 0 Å². The fourth-order valence-electron chi connectivity index (χ4n) is 5.32. The number of carbonyl (C=O) groups is 4. The van der Waals surface area contributed by atoms with Crippen LogP contribution in [0.2, 0.25) is 0 Å². The SMILES string of the molecule is O=C1C[C@H](NCCN2CCOCC2)C(=O)N1c1ccc(N2C(=O)C[C@@H](NCCN3CCOCC3)C2=O)cc1. The third-order valence-electron chi connectivity index (χ3n) is 7.50. The number of hydrogen-bond acceptors (Lipinski definition) is 10. The summed E-state index contributed by atoms with van der Waals surface area (Å²) in [4.78, 5) is 58.2. The number of morpholine rings is 2. The van der Waals surface area contributed by atoms with Crippen LogP contribution in [0.3, 0.4) is 0 Å². The van der Waals surface area contributed by atoms with E-state index in [1.165, 1.54) is 9.80 Å². The molecule has 206 valence electrons. The Balaban J connectivity index is 1.13. The predicted molar refractivity (Wildman–Crippen MR) is 139 cm³/mol. The molecule has 0 bridgehead atoms. The van der Waals surface area contributed by atoms with E-state index in [2.05, 4.69) is 20.4 Å². The lowest BCUT2D eigenvalue weighted by molar-refractivity contribution is -0.123. The van der Waals surface area contributed by atoms with Gasteiger partial charge in [-0.25, -0.2) is 9.80 Å². The highest BCUT2D eigenvalue weighted by atomic mass is 16.5. The molecule has 12 nitrogen and oxygen atoms in total. The summed E-state index contributed by atoms with van der Waals surface area (Å²) in [6.07, 6.45) is 0.204. The highest BCUT2D eigenvalue weighted by molar-refractivity contribution is 6.24. The van der Waals surface area contributed by atoms with E-state index in [9.17, 15) is 19.2 Å². The zero-order valence-corrected chi connectivity index (χ0v) is 21.6.